The fourth-order valence-electron chi connectivity index (χ4n) is 2.29. The zero-order chi connectivity index (χ0) is 16.9. The van der Waals surface area contributed by atoms with Gasteiger partial charge in [-0.3, -0.25) is 9.59 Å². The van der Waals surface area contributed by atoms with Gasteiger partial charge >= 0.3 is 11.9 Å². The molecule has 8 nitrogen and oxygen atoms in total. The molecule has 128 valence electrons. The van der Waals surface area contributed by atoms with Gasteiger partial charge < -0.3 is 29.9 Å². The van der Waals surface area contributed by atoms with Crippen LogP contribution in [0.4, 0.5) is 0 Å². The van der Waals surface area contributed by atoms with Gasteiger partial charge in [-0.1, -0.05) is 13.8 Å². The van der Waals surface area contributed by atoms with Gasteiger partial charge in [-0.25, -0.2) is 0 Å². The first-order valence-corrected chi connectivity index (χ1v) is 7.44. The quantitative estimate of drug-likeness (QED) is 0.452. The van der Waals surface area contributed by atoms with Crippen LogP contribution in [0.3, 0.4) is 0 Å². The molecule has 0 spiro atoms. The summed E-state index contributed by atoms with van der Waals surface area (Å²) in [7, 11) is 0. The van der Waals surface area contributed by atoms with Crippen LogP contribution in [0.25, 0.3) is 0 Å². The highest BCUT2D eigenvalue weighted by Gasteiger charge is 2.52. The van der Waals surface area contributed by atoms with Crippen LogP contribution < -0.4 is 0 Å². The smallest absolute Gasteiger partial charge is 0.306 e. The van der Waals surface area contributed by atoms with E-state index in [4.69, 9.17) is 9.47 Å². The second-order valence-corrected chi connectivity index (χ2v) is 5.37. The molecule has 0 amide bonds. The lowest BCUT2D eigenvalue weighted by Crippen LogP contribution is -2.65. The van der Waals surface area contributed by atoms with E-state index in [0.29, 0.717) is 12.8 Å². The van der Waals surface area contributed by atoms with Gasteiger partial charge in [0.25, 0.3) is 0 Å². The first-order chi connectivity index (χ1) is 10.3. The Morgan fingerprint density at radius 3 is 1.23 bits per heavy atom. The van der Waals surface area contributed by atoms with Crippen molar-refractivity contribution in [2.75, 3.05) is 0 Å². The SMILES string of the molecule is CCCC(=O)OC1[C@@H](O)[C@@H](O)C(OC(=O)CCC)[C@H](O)[C@H]1O. The third-order valence-electron chi connectivity index (χ3n) is 3.49. The van der Waals surface area contributed by atoms with Crippen LogP contribution in [-0.4, -0.2) is 69.0 Å². The average Bonchev–Trinajstić information content (AvgIpc) is 2.47. The molecular weight excluding hydrogens is 296 g/mol. The Hall–Kier alpha value is -1.22. The lowest BCUT2D eigenvalue weighted by atomic mass is 9.84. The van der Waals surface area contributed by atoms with Gasteiger partial charge in [-0.15, -0.1) is 0 Å². The second-order valence-electron chi connectivity index (χ2n) is 5.37. The van der Waals surface area contributed by atoms with Crippen LogP contribution in [0, 0.1) is 0 Å². The van der Waals surface area contributed by atoms with Crippen LogP contribution in [0.15, 0.2) is 0 Å². The summed E-state index contributed by atoms with van der Waals surface area (Å²) in [5, 5.41) is 39.9. The monoisotopic (exact) mass is 320 g/mol. The molecule has 4 N–H and O–H groups in total. The molecule has 1 aliphatic carbocycles. The minimum absolute atomic E-state index is 0.0804. The molecule has 0 saturated heterocycles. The van der Waals surface area contributed by atoms with Crippen molar-refractivity contribution in [2.24, 2.45) is 0 Å². The largest absolute Gasteiger partial charge is 0.457 e. The van der Waals surface area contributed by atoms with E-state index in [1.807, 2.05) is 0 Å². The summed E-state index contributed by atoms with van der Waals surface area (Å²) in [5.74, 6) is -1.32. The lowest BCUT2D eigenvalue weighted by molar-refractivity contribution is -0.241. The highest BCUT2D eigenvalue weighted by atomic mass is 16.6. The normalized spacial score (nSPS) is 35.0. The maximum atomic E-state index is 11.5. The van der Waals surface area contributed by atoms with Gasteiger partial charge in [-0.05, 0) is 12.8 Å². The molecule has 0 aromatic rings. The van der Waals surface area contributed by atoms with Crippen molar-refractivity contribution in [2.45, 2.75) is 76.2 Å². The van der Waals surface area contributed by atoms with Gasteiger partial charge in [-0.2, -0.15) is 0 Å². The Balaban J connectivity index is 2.78. The summed E-state index contributed by atoms with van der Waals surface area (Å²) in [4.78, 5) is 22.9. The molecule has 0 bridgehead atoms. The van der Waals surface area contributed by atoms with Gasteiger partial charge in [0.05, 0.1) is 0 Å². The van der Waals surface area contributed by atoms with E-state index in [0.717, 1.165) is 0 Å². The topological polar surface area (TPSA) is 134 Å². The Morgan fingerprint density at radius 1 is 0.727 bits per heavy atom. The number of aliphatic hydroxyl groups excluding tert-OH is 4. The molecule has 0 aliphatic heterocycles. The van der Waals surface area contributed by atoms with Crippen LogP contribution in [0.5, 0.6) is 0 Å². The molecule has 0 radical (unpaired) electrons. The van der Waals surface area contributed by atoms with Crippen molar-refractivity contribution in [3.63, 3.8) is 0 Å². The first-order valence-electron chi connectivity index (χ1n) is 7.44. The Bertz CT molecular complexity index is 333. The summed E-state index contributed by atoms with van der Waals surface area (Å²) >= 11 is 0. The molecule has 0 heterocycles. The number of carbonyl (C=O) groups is 2. The van der Waals surface area contributed by atoms with Gasteiger partial charge in [0.15, 0.2) is 12.2 Å². The molecule has 0 aromatic carbocycles. The number of hydrogen-bond donors (Lipinski definition) is 4. The van der Waals surface area contributed by atoms with E-state index >= 15 is 0 Å². The van der Waals surface area contributed by atoms with Crippen molar-refractivity contribution >= 4 is 11.9 Å². The molecule has 1 rings (SSSR count). The van der Waals surface area contributed by atoms with Crippen molar-refractivity contribution in [3.8, 4) is 0 Å². The molecule has 1 aliphatic rings. The number of ether oxygens (including phenoxy) is 2. The van der Waals surface area contributed by atoms with Crippen LogP contribution in [0.2, 0.25) is 0 Å². The summed E-state index contributed by atoms with van der Waals surface area (Å²) in [6, 6.07) is 0. The molecule has 6 atom stereocenters. The zero-order valence-corrected chi connectivity index (χ0v) is 12.7. The van der Waals surface area contributed by atoms with E-state index in [1.165, 1.54) is 0 Å². The predicted molar refractivity (Wildman–Crippen MR) is 73.6 cm³/mol. The summed E-state index contributed by atoms with van der Waals surface area (Å²) in [5.41, 5.74) is 0. The minimum Gasteiger partial charge on any atom is -0.457 e. The van der Waals surface area contributed by atoms with Crippen molar-refractivity contribution in [3.05, 3.63) is 0 Å². The number of aliphatic hydroxyl groups is 4. The second kappa shape index (κ2) is 8.42. The van der Waals surface area contributed by atoms with E-state index in [2.05, 4.69) is 0 Å². The van der Waals surface area contributed by atoms with Gasteiger partial charge in [0.1, 0.15) is 24.4 Å². The van der Waals surface area contributed by atoms with Crippen LogP contribution in [-0.2, 0) is 19.1 Å². The highest BCUT2D eigenvalue weighted by Crippen LogP contribution is 2.26. The third-order valence-corrected chi connectivity index (χ3v) is 3.49. The fourth-order valence-corrected chi connectivity index (χ4v) is 2.29. The van der Waals surface area contributed by atoms with Crippen LogP contribution in [0.1, 0.15) is 39.5 Å². The zero-order valence-electron chi connectivity index (χ0n) is 12.7. The van der Waals surface area contributed by atoms with E-state index in [-0.39, 0.29) is 12.8 Å². The Morgan fingerprint density at radius 2 is 1.00 bits per heavy atom. The maximum Gasteiger partial charge on any atom is 0.306 e. The first kappa shape index (κ1) is 18.8. The van der Waals surface area contributed by atoms with Crippen LogP contribution >= 0.6 is 0 Å². The van der Waals surface area contributed by atoms with Crippen molar-refractivity contribution in [1.29, 1.82) is 0 Å². The van der Waals surface area contributed by atoms with Crippen molar-refractivity contribution in [1.82, 2.24) is 0 Å². The van der Waals surface area contributed by atoms with Gasteiger partial charge in [0.2, 0.25) is 0 Å². The third kappa shape index (κ3) is 4.39. The maximum absolute atomic E-state index is 11.5. The molecule has 22 heavy (non-hydrogen) atoms. The molecule has 2 unspecified atom stereocenters. The Labute approximate surface area is 128 Å². The number of carbonyl (C=O) groups excluding carboxylic acids is 2. The Kier molecular flexibility index (Phi) is 7.21. The average molecular weight is 320 g/mol. The van der Waals surface area contributed by atoms with E-state index < -0.39 is 48.6 Å². The van der Waals surface area contributed by atoms with E-state index in [1.54, 1.807) is 13.8 Å². The predicted octanol–water partition coefficient (Wildman–Crippen LogP) is -1.13. The molecular formula is C14H24O8. The minimum atomic E-state index is -1.67. The fraction of sp³-hybridized carbons (Fsp3) is 0.857. The summed E-state index contributed by atoms with van der Waals surface area (Å²) in [6.45, 7) is 3.50. The molecule has 1 saturated carbocycles. The summed E-state index contributed by atoms with van der Waals surface area (Å²) in [6.07, 6.45) is -8.45. The van der Waals surface area contributed by atoms with E-state index in [9.17, 15) is 30.0 Å². The molecule has 0 aromatic heterocycles. The number of esters is 2. The molecule has 1 fully saturated rings. The lowest BCUT2D eigenvalue weighted by Gasteiger charge is -2.42. The number of rotatable bonds is 6. The summed E-state index contributed by atoms with van der Waals surface area (Å²) < 4.78 is 9.80. The standard InChI is InChI=1S/C14H24O8/c1-3-5-7(15)21-13-9(17)11(19)14(12(20)10(13)18)22-8(16)6-4-2/h9-14,17-20H,3-6H2,1-2H3/t9-,10-,11-,12+,13?,14?/m1/s1. The van der Waals surface area contributed by atoms with Gasteiger partial charge in [0, 0.05) is 12.8 Å². The number of hydrogen-bond acceptors (Lipinski definition) is 8. The highest BCUT2D eigenvalue weighted by molar-refractivity contribution is 5.70. The van der Waals surface area contributed by atoms with Crippen molar-refractivity contribution < 1.29 is 39.5 Å². The molecule has 8 heteroatoms.